The van der Waals surface area contributed by atoms with Gasteiger partial charge in [-0.1, -0.05) is 0 Å². The number of hydrogen-bond donors (Lipinski definition) is 3. The van der Waals surface area contributed by atoms with Gasteiger partial charge in [0.05, 0.1) is 0 Å². The van der Waals surface area contributed by atoms with Gasteiger partial charge in [0.2, 0.25) is 0 Å². The van der Waals surface area contributed by atoms with Crippen LogP contribution in [0.4, 0.5) is 10.5 Å². The van der Waals surface area contributed by atoms with E-state index >= 15 is 0 Å². The molecule has 4 N–H and O–H groups in total. The van der Waals surface area contributed by atoms with E-state index in [0.29, 0.717) is 24.3 Å². The predicted octanol–water partition coefficient (Wildman–Crippen LogP) is 2.20. The van der Waals surface area contributed by atoms with E-state index in [9.17, 15) is 9.59 Å². The van der Waals surface area contributed by atoms with Crippen LogP contribution in [0.2, 0.25) is 0 Å². The lowest BCUT2D eigenvalue weighted by Gasteiger charge is -2.30. The summed E-state index contributed by atoms with van der Waals surface area (Å²) in [5, 5.41) is 5.48. The van der Waals surface area contributed by atoms with Gasteiger partial charge in [-0.25, -0.2) is 4.79 Å². The Kier molecular flexibility index (Phi) is 7.32. The van der Waals surface area contributed by atoms with E-state index in [1.165, 1.54) is 0 Å². The number of urea groups is 1. The smallest absolute Gasteiger partial charge is 0.319 e. The summed E-state index contributed by atoms with van der Waals surface area (Å²) in [6.07, 6.45) is 1.70. The first-order valence-corrected chi connectivity index (χ1v) is 7.68. The second-order valence-corrected chi connectivity index (χ2v) is 5.96. The molecule has 1 aromatic carbocycles. The molecule has 7 heteroatoms. The molecule has 0 atom stereocenters. The fraction of sp³-hybridized carbons (Fsp3) is 0.500. The van der Waals surface area contributed by atoms with Gasteiger partial charge in [0, 0.05) is 36.4 Å². The molecule has 1 aliphatic heterocycles. The van der Waals surface area contributed by atoms with Crippen molar-refractivity contribution in [2.45, 2.75) is 38.8 Å². The number of carbonyl (C=O) groups is 2. The number of benzene rings is 1. The predicted molar refractivity (Wildman–Crippen MR) is 94.1 cm³/mol. The SMILES string of the molecule is CC(C)NC(=O)Nc1ccc(C(=O)N2CCC(N)CC2)cc1.Cl. The Labute approximate surface area is 143 Å². The van der Waals surface area contributed by atoms with E-state index in [1.807, 2.05) is 18.7 Å². The van der Waals surface area contributed by atoms with Crippen molar-refractivity contribution in [3.8, 4) is 0 Å². The van der Waals surface area contributed by atoms with Crippen molar-refractivity contribution in [1.29, 1.82) is 0 Å². The van der Waals surface area contributed by atoms with Crippen LogP contribution >= 0.6 is 12.4 Å². The molecule has 0 bridgehead atoms. The molecule has 6 nitrogen and oxygen atoms in total. The molecule has 1 fully saturated rings. The van der Waals surface area contributed by atoms with Gasteiger partial charge in [0.1, 0.15) is 0 Å². The van der Waals surface area contributed by atoms with E-state index in [1.54, 1.807) is 24.3 Å². The summed E-state index contributed by atoms with van der Waals surface area (Å²) < 4.78 is 0. The number of nitrogens with one attached hydrogen (secondary N) is 2. The van der Waals surface area contributed by atoms with E-state index in [2.05, 4.69) is 10.6 Å². The average molecular weight is 341 g/mol. The highest BCUT2D eigenvalue weighted by Gasteiger charge is 2.21. The number of amides is 3. The van der Waals surface area contributed by atoms with Crippen molar-refractivity contribution in [2.24, 2.45) is 5.73 Å². The van der Waals surface area contributed by atoms with Crippen molar-refractivity contribution in [2.75, 3.05) is 18.4 Å². The van der Waals surface area contributed by atoms with Crippen molar-refractivity contribution in [3.05, 3.63) is 29.8 Å². The first-order valence-electron chi connectivity index (χ1n) is 7.68. The van der Waals surface area contributed by atoms with Crippen LogP contribution < -0.4 is 16.4 Å². The van der Waals surface area contributed by atoms with Gasteiger partial charge in [-0.15, -0.1) is 12.4 Å². The first-order chi connectivity index (χ1) is 10.5. The van der Waals surface area contributed by atoms with Crippen LogP contribution in [-0.2, 0) is 0 Å². The van der Waals surface area contributed by atoms with Gasteiger partial charge >= 0.3 is 6.03 Å². The highest BCUT2D eigenvalue weighted by molar-refractivity contribution is 5.95. The molecule has 23 heavy (non-hydrogen) atoms. The molecule has 1 aromatic rings. The third-order valence-electron chi connectivity index (χ3n) is 3.64. The normalized spacial score (nSPS) is 15.0. The standard InChI is InChI=1S/C16H24N4O2.ClH/c1-11(2)18-16(22)19-14-5-3-12(4-6-14)15(21)20-9-7-13(17)8-10-20;/h3-6,11,13H,7-10,17H2,1-2H3,(H2,18,19,22);1H. The number of nitrogens with two attached hydrogens (primary N) is 1. The molecule has 0 saturated carbocycles. The van der Waals surface area contributed by atoms with Gasteiger partial charge in [0.25, 0.3) is 5.91 Å². The van der Waals surface area contributed by atoms with E-state index < -0.39 is 0 Å². The molecular weight excluding hydrogens is 316 g/mol. The number of nitrogens with zero attached hydrogens (tertiary/aromatic N) is 1. The lowest BCUT2D eigenvalue weighted by atomic mass is 10.0. The van der Waals surface area contributed by atoms with Crippen molar-refractivity contribution in [3.63, 3.8) is 0 Å². The zero-order chi connectivity index (χ0) is 16.1. The molecule has 3 amide bonds. The van der Waals surface area contributed by atoms with Crippen LogP contribution in [-0.4, -0.2) is 42.0 Å². The number of carbonyl (C=O) groups excluding carboxylic acids is 2. The maximum atomic E-state index is 12.4. The van der Waals surface area contributed by atoms with E-state index in [0.717, 1.165) is 12.8 Å². The summed E-state index contributed by atoms with van der Waals surface area (Å²) in [6, 6.07) is 6.98. The van der Waals surface area contributed by atoms with Crippen LogP contribution in [0.15, 0.2) is 24.3 Å². The second kappa shape index (κ2) is 8.74. The Hall–Kier alpha value is -1.79. The fourth-order valence-electron chi connectivity index (χ4n) is 2.41. The topological polar surface area (TPSA) is 87.5 Å². The Bertz CT molecular complexity index is 525. The number of likely N-dealkylation sites (tertiary alicyclic amines) is 1. The highest BCUT2D eigenvalue weighted by Crippen LogP contribution is 2.15. The summed E-state index contributed by atoms with van der Waals surface area (Å²) in [6.45, 7) is 5.20. The Morgan fingerprint density at radius 3 is 2.26 bits per heavy atom. The van der Waals surface area contributed by atoms with Crippen LogP contribution in [0.25, 0.3) is 0 Å². The van der Waals surface area contributed by atoms with Crippen LogP contribution in [0, 0.1) is 0 Å². The van der Waals surface area contributed by atoms with Crippen molar-refractivity contribution < 1.29 is 9.59 Å². The minimum Gasteiger partial charge on any atom is -0.339 e. The van der Waals surface area contributed by atoms with Crippen LogP contribution in [0.1, 0.15) is 37.0 Å². The second-order valence-electron chi connectivity index (χ2n) is 5.96. The molecule has 0 radical (unpaired) electrons. The van der Waals surface area contributed by atoms with Gasteiger partial charge in [-0.2, -0.15) is 0 Å². The van der Waals surface area contributed by atoms with E-state index in [4.69, 9.17) is 5.73 Å². The number of rotatable bonds is 3. The lowest BCUT2D eigenvalue weighted by molar-refractivity contribution is 0.0715. The molecular formula is C16H25ClN4O2. The molecule has 0 spiro atoms. The maximum absolute atomic E-state index is 12.4. The summed E-state index contributed by atoms with van der Waals surface area (Å²) in [5.74, 6) is 0.0186. The third-order valence-corrected chi connectivity index (χ3v) is 3.64. The van der Waals surface area contributed by atoms with Crippen molar-refractivity contribution >= 4 is 30.0 Å². The highest BCUT2D eigenvalue weighted by atomic mass is 35.5. The summed E-state index contributed by atoms with van der Waals surface area (Å²) in [5.41, 5.74) is 7.14. The Morgan fingerprint density at radius 2 is 1.74 bits per heavy atom. The molecule has 0 aromatic heterocycles. The third kappa shape index (κ3) is 5.73. The molecule has 0 aliphatic carbocycles. The van der Waals surface area contributed by atoms with Crippen molar-refractivity contribution in [1.82, 2.24) is 10.2 Å². The zero-order valence-electron chi connectivity index (χ0n) is 13.5. The molecule has 0 unspecified atom stereocenters. The molecule has 1 heterocycles. The van der Waals surface area contributed by atoms with Crippen LogP contribution in [0.5, 0.6) is 0 Å². The van der Waals surface area contributed by atoms with E-state index in [-0.39, 0.29) is 36.4 Å². The number of piperidine rings is 1. The minimum absolute atomic E-state index is 0. The van der Waals surface area contributed by atoms with Gasteiger partial charge < -0.3 is 21.3 Å². The maximum Gasteiger partial charge on any atom is 0.319 e. The summed E-state index contributed by atoms with van der Waals surface area (Å²) >= 11 is 0. The summed E-state index contributed by atoms with van der Waals surface area (Å²) in [7, 11) is 0. The first kappa shape index (κ1) is 19.3. The zero-order valence-corrected chi connectivity index (χ0v) is 14.4. The van der Waals surface area contributed by atoms with Crippen LogP contribution in [0.3, 0.4) is 0 Å². The van der Waals surface area contributed by atoms with Gasteiger partial charge in [-0.05, 0) is 51.0 Å². The van der Waals surface area contributed by atoms with Gasteiger partial charge in [0.15, 0.2) is 0 Å². The number of halogens is 1. The molecule has 128 valence electrons. The quantitative estimate of drug-likeness (QED) is 0.788. The fourth-order valence-corrected chi connectivity index (χ4v) is 2.41. The molecule has 2 rings (SSSR count). The largest absolute Gasteiger partial charge is 0.339 e. The van der Waals surface area contributed by atoms with Gasteiger partial charge in [-0.3, -0.25) is 4.79 Å². The average Bonchev–Trinajstić information content (AvgIpc) is 2.47. The lowest BCUT2D eigenvalue weighted by Crippen LogP contribution is -2.42. The minimum atomic E-state index is -0.251. The molecule has 1 aliphatic rings. The Morgan fingerprint density at radius 1 is 1.17 bits per heavy atom. The monoisotopic (exact) mass is 340 g/mol. The summed E-state index contributed by atoms with van der Waals surface area (Å²) in [4.78, 5) is 25.8. The molecule has 1 saturated heterocycles. The number of hydrogen-bond acceptors (Lipinski definition) is 3. The number of anilines is 1. The Balaban J connectivity index is 0.00000264.